The number of rotatable bonds is 5. The van der Waals surface area contributed by atoms with Gasteiger partial charge in [-0.25, -0.2) is 0 Å². The van der Waals surface area contributed by atoms with Crippen LogP contribution in [0.2, 0.25) is 0 Å². The minimum absolute atomic E-state index is 0.222. The van der Waals surface area contributed by atoms with Crippen LogP contribution in [0.4, 0.5) is 0 Å². The zero-order chi connectivity index (χ0) is 9.61. The third-order valence-corrected chi connectivity index (χ3v) is 2.88. The minimum atomic E-state index is -3.28. The lowest BCUT2D eigenvalue weighted by molar-refractivity contribution is -0.140. The molecule has 6 heteroatoms. The molecule has 0 bridgehead atoms. The van der Waals surface area contributed by atoms with E-state index in [0.29, 0.717) is 0 Å². The fourth-order valence-electron chi connectivity index (χ4n) is 0.599. The molecule has 4 nitrogen and oxygen atoms in total. The smallest absolute Gasteiger partial charge is 0.316 e. The molecule has 0 aliphatic rings. The first-order chi connectivity index (χ1) is 5.52. The zero-order valence-electron chi connectivity index (χ0n) is 7.08. The fraction of sp³-hybridized carbons (Fsp3) is 0.833. The first kappa shape index (κ1) is 11.9. The topological polar surface area (TPSA) is 52.6 Å². The summed E-state index contributed by atoms with van der Waals surface area (Å²) in [6, 6.07) is 0. The van der Waals surface area contributed by atoms with E-state index in [1.165, 1.54) is 0 Å². The van der Waals surface area contributed by atoms with E-state index < -0.39 is 12.7 Å². The van der Waals surface area contributed by atoms with Crippen molar-refractivity contribution in [2.24, 2.45) is 0 Å². The van der Waals surface area contributed by atoms with Crippen molar-refractivity contribution < 1.29 is 18.6 Å². The Balaban J connectivity index is 3.88. The molecule has 12 heavy (non-hydrogen) atoms. The Morgan fingerprint density at radius 3 is 2.42 bits per heavy atom. The summed E-state index contributed by atoms with van der Waals surface area (Å²) in [5.41, 5.74) is 0. The molecule has 0 rings (SSSR count). The molecule has 1 unspecified atom stereocenters. The van der Waals surface area contributed by atoms with Gasteiger partial charge in [0, 0.05) is 0 Å². The molecular formula is C6H12ClO4P. The van der Waals surface area contributed by atoms with Crippen LogP contribution in [-0.2, 0) is 18.6 Å². The third kappa shape index (κ3) is 5.58. The van der Waals surface area contributed by atoms with E-state index in [-0.39, 0.29) is 19.4 Å². The van der Waals surface area contributed by atoms with E-state index in [1.807, 2.05) is 0 Å². The van der Waals surface area contributed by atoms with E-state index in [4.69, 9.17) is 11.2 Å². The Morgan fingerprint density at radius 1 is 1.42 bits per heavy atom. The van der Waals surface area contributed by atoms with Gasteiger partial charge in [-0.15, -0.1) is 0 Å². The quantitative estimate of drug-likeness (QED) is 0.519. The first-order valence-corrected chi connectivity index (χ1v) is 6.32. The van der Waals surface area contributed by atoms with Gasteiger partial charge in [-0.05, 0) is 25.1 Å². The molecule has 0 saturated heterocycles. The van der Waals surface area contributed by atoms with Gasteiger partial charge in [-0.1, -0.05) is 0 Å². The van der Waals surface area contributed by atoms with Crippen LogP contribution < -0.4 is 0 Å². The number of carbonyl (C=O) groups excluding carboxylic acids is 1. The van der Waals surface area contributed by atoms with Gasteiger partial charge in [0.15, 0.2) is 0 Å². The number of esters is 1. The molecule has 0 aromatic heterocycles. The number of carbonyl (C=O) groups is 1. The second-order valence-corrected chi connectivity index (χ2v) is 5.27. The molecule has 0 radical (unpaired) electrons. The van der Waals surface area contributed by atoms with Gasteiger partial charge >= 0.3 is 12.7 Å². The normalized spacial score (nSPS) is 15.2. The molecule has 0 amide bonds. The minimum Gasteiger partial charge on any atom is -0.466 e. The van der Waals surface area contributed by atoms with Crippen molar-refractivity contribution in [1.29, 1.82) is 0 Å². The van der Waals surface area contributed by atoms with Crippen LogP contribution in [0.3, 0.4) is 0 Å². The number of halogens is 1. The predicted octanol–water partition coefficient (Wildman–Crippen LogP) is 2.02. The lowest BCUT2D eigenvalue weighted by Gasteiger charge is -2.08. The Kier molecular flexibility index (Phi) is 5.55. The molecule has 0 aliphatic carbocycles. The molecule has 0 N–H and O–H groups in total. The highest BCUT2D eigenvalue weighted by Gasteiger charge is 2.23. The van der Waals surface area contributed by atoms with Crippen molar-refractivity contribution in [2.75, 3.05) is 19.4 Å². The van der Waals surface area contributed by atoms with Crippen molar-refractivity contribution in [3.05, 3.63) is 0 Å². The Hall–Kier alpha value is -0.0500. The summed E-state index contributed by atoms with van der Waals surface area (Å²) in [4.78, 5) is 10.8. The average molecular weight is 215 g/mol. The van der Waals surface area contributed by atoms with Crippen molar-refractivity contribution in [3.8, 4) is 0 Å². The molecule has 0 aromatic carbocycles. The summed E-state index contributed by atoms with van der Waals surface area (Å²) in [6.07, 6.45) is -0.365. The second-order valence-electron chi connectivity index (χ2n) is 1.97. The predicted molar refractivity (Wildman–Crippen MR) is 46.6 cm³/mol. The number of hydrogen-bond donors (Lipinski definition) is 0. The summed E-state index contributed by atoms with van der Waals surface area (Å²) in [5.74, 6) is -0.593. The van der Waals surface area contributed by atoms with Crippen molar-refractivity contribution in [1.82, 2.24) is 0 Å². The van der Waals surface area contributed by atoms with Gasteiger partial charge in [0.05, 0.1) is 13.2 Å². The van der Waals surface area contributed by atoms with Gasteiger partial charge in [0.2, 0.25) is 0 Å². The van der Waals surface area contributed by atoms with Crippen LogP contribution in [-0.4, -0.2) is 25.3 Å². The lowest BCUT2D eigenvalue weighted by atomic mass is 10.8. The third-order valence-electron chi connectivity index (χ3n) is 0.945. The summed E-state index contributed by atoms with van der Waals surface area (Å²) in [5, 5.41) is 0. The molecular weight excluding hydrogens is 202 g/mol. The average Bonchev–Trinajstić information content (AvgIpc) is 1.85. The summed E-state index contributed by atoms with van der Waals surface area (Å²) in [6.45, 7) is 0.511. The SMILES string of the molecule is CCOC(=O)CP(=O)(Cl)OCC. The van der Waals surface area contributed by atoms with Crippen LogP contribution >= 0.6 is 18.0 Å². The van der Waals surface area contributed by atoms with Crippen LogP contribution in [0.1, 0.15) is 13.8 Å². The van der Waals surface area contributed by atoms with Gasteiger partial charge < -0.3 is 9.26 Å². The molecule has 0 fully saturated rings. The Labute approximate surface area is 76.4 Å². The van der Waals surface area contributed by atoms with Gasteiger partial charge in [0.1, 0.15) is 6.16 Å². The maximum Gasteiger partial charge on any atom is 0.316 e. The molecule has 0 aliphatic heterocycles. The van der Waals surface area contributed by atoms with Gasteiger partial charge in [-0.2, -0.15) is 0 Å². The lowest BCUT2D eigenvalue weighted by Crippen LogP contribution is -2.09. The maximum atomic E-state index is 11.1. The first-order valence-electron chi connectivity index (χ1n) is 3.60. The largest absolute Gasteiger partial charge is 0.466 e. The molecule has 72 valence electrons. The van der Waals surface area contributed by atoms with Crippen molar-refractivity contribution in [2.45, 2.75) is 13.8 Å². The van der Waals surface area contributed by atoms with Crippen LogP contribution in [0.25, 0.3) is 0 Å². The van der Waals surface area contributed by atoms with Crippen molar-refractivity contribution in [3.63, 3.8) is 0 Å². The summed E-state index contributed by atoms with van der Waals surface area (Å²) >= 11 is 5.40. The van der Waals surface area contributed by atoms with Crippen LogP contribution in [0.15, 0.2) is 0 Å². The van der Waals surface area contributed by atoms with E-state index in [1.54, 1.807) is 13.8 Å². The maximum absolute atomic E-state index is 11.1. The zero-order valence-corrected chi connectivity index (χ0v) is 8.73. The van der Waals surface area contributed by atoms with Crippen LogP contribution in [0, 0.1) is 0 Å². The van der Waals surface area contributed by atoms with Crippen molar-refractivity contribution >= 4 is 23.9 Å². The molecule has 0 spiro atoms. The Morgan fingerprint density at radius 2 is 2.00 bits per heavy atom. The number of hydrogen-bond acceptors (Lipinski definition) is 4. The van der Waals surface area contributed by atoms with Gasteiger partial charge in [-0.3, -0.25) is 9.36 Å². The number of ether oxygens (including phenoxy) is 1. The monoisotopic (exact) mass is 214 g/mol. The highest BCUT2D eigenvalue weighted by Crippen LogP contribution is 2.51. The fourth-order valence-corrected chi connectivity index (χ4v) is 2.06. The highest BCUT2D eigenvalue weighted by molar-refractivity contribution is 7.85. The second kappa shape index (κ2) is 5.57. The van der Waals surface area contributed by atoms with E-state index in [2.05, 4.69) is 9.26 Å². The summed E-state index contributed by atoms with van der Waals surface area (Å²) < 4.78 is 20.4. The summed E-state index contributed by atoms with van der Waals surface area (Å²) in [7, 11) is 0. The highest BCUT2D eigenvalue weighted by atomic mass is 35.7. The van der Waals surface area contributed by atoms with Crippen LogP contribution in [0.5, 0.6) is 0 Å². The molecule has 0 aromatic rings. The molecule has 0 heterocycles. The van der Waals surface area contributed by atoms with E-state index in [0.717, 1.165) is 0 Å². The molecule has 1 atom stereocenters. The Bertz CT molecular complexity index is 194. The van der Waals surface area contributed by atoms with E-state index >= 15 is 0 Å². The molecule has 0 saturated carbocycles. The van der Waals surface area contributed by atoms with E-state index in [9.17, 15) is 9.36 Å². The van der Waals surface area contributed by atoms with Gasteiger partial charge in [0.25, 0.3) is 0 Å². The standard InChI is InChI=1S/C6H12ClO4P/c1-3-10-6(8)5-12(7,9)11-4-2/h3-5H2,1-2H3.